The number of aromatic amines is 1. The van der Waals surface area contributed by atoms with Gasteiger partial charge in [0.2, 0.25) is 5.91 Å². The number of rotatable bonds is 1. The summed E-state index contributed by atoms with van der Waals surface area (Å²) in [7, 11) is 5.67. The molecule has 3 heterocycles. The van der Waals surface area contributed by atoms with Crippen molar-refractivity contribution in [2.75, 3.05) is 45.7 Å². The first-order chi connectivity index (χ1) is 17.5. The van der Waals surface area contributed by atoms with E-state index in [0.29, 0.717) is 41.9 Å². The number of aromatic hydroxyl groups is 1. The maximum absolute atomic E-state index is 12.3. The SMILES string of the molecule is COc1ccc2cc1CN(C)CCCCCCC(=O)NCCN(C)c1ncnc3[nH]c(O)c(c13)C=N2. The summed E-state index contributed by atoms with van der Waals surface area (Å²) in [4.78, 5) is 32.8. The van der Waals surface area contributed by atoms with Crippen LogP contribution in [0.4, 0.5) is 11.5 Å². The molecule has 1 amide bonds. The Kier molecular flexibility index (Phi) is 8.37. The Labute approximate surface area is 211 Å². The van der Waals surface area contributed by atoms with Crippen molar-refractivity contribution in [1.29, 1.82) is 0 Å². The van der Waals surface area contributed by atoms with Gasteiger partial charge in [0.15, 0.2) is 5.88 Å². The molecule has 2 aromatic heterocycles. The molecule has 4 rings (SSSR count). The van der Waals surface area contributed by atoms with Gasteiger partial charge in [-0.1, -0.05) is 12.8 Å². The topological polar surface area (TPSA) is 119 Å². The summed E-state index contributed by atoms with van der Waals surface area (Å²) >= 11 is 0. The van der Waals surface area contributed by atoms with Crippen molar-refractivity contribution in [3.05, 3.63) is 35.7 Å². The monoisotopic (exact) mass is 493 g/mol. The van der Waals surface area contributed by atoms with Crippen LogP contribution < -0.4 is 15.0 Å². The number of methoxy groups -OCH3 is 1. The summed E-state index contributed by atoms with van der Waals surface area (Å²) in [6.07, 6.45) is 7.71. The van der Waals surface area contributed by atoms with E-state index in [2.05, 4.69) is 37.2 Å². The minimum atomic E-state index is -0.0240. The van der Waals surface area contributed by atoms with Gasteiger partial charge in [0, 0.05) is 44.9 Å². The molecule has 0 spiro atoms. The van der Waals surface area contributed by atoms with Crippen molar-refractivity contribution in [3.63, 3.8) is 0 Å². The molecule has 0 radical (unpaired) electrons. The van der Waals surface area contributed by atoms with Crippen LogP contribution in [0.3, 0.4) is 0 Å². The third-order valence-corrected chi connectivity index (χ3v) is 6.46. The van der Waals surface area contributed by atoms with Crippen LogP contribution in [0, 0.1) is 0 Å². The van der Waals surface area contributed by atoms with Gasteiger partial charge in [-0.15, -0.1) is 0 Å². The van der Waals surface area contributed by atoms with E-state index in [4.69, 9.17) is 4.74 Å². The van der Waals surface area contributed by atoms with Crippen molar-refractivity contribution >= 4 is 34.7 Å². The van der Waals surface area contributed by atoms with Crippen LogP contribution >= 0.6 is 0 Å². The highest BCUT2D eigenvalue weighted by molar-refractivity contribution is 6.06. The molecule has 3 aromatic rings. The molecule has 0 atom stereocenters. The zero-order valence-corrected chi connectivity index (χ0v) is 21.3. The zero-order chi connectivity index (χ0) is 25.5. The van der Waals surface area contributed by atoms with Gasteiger partial charge in [0.05, 0.1) is 23.7 Å². The van der Waals surface area contributed by atoms with E-state index in [1.165, 1.54) is 6.33 Å². The Hall–Kier alpha value is -3.66. The van der Waals surface area contributed by atoms with Crippen LogP contribution in [0.2, 0.25) is 0 Å². The van der Waals surface area contributed by atoms with Crippen molar-refractivity contribution in [2.24, 2.45) is 4.99 Å². The lowest BCUT2D eigenvalue weighted by molar-refractivity contribution is -0.121. The minimum Gasteiger partial charge on any atom is -0.496 e. The third kappa shape index (κ3) is 6.12. The number of nitrogens with one attached hydrogen (secondary N) is 2. The number of carbonyl (C=O) groups is 1. The Bertz CT molecular complexity index is 1220. The van der Waals surface area contributed by atoms with Crippen molar-refractivity contribution in [3.8, 4) is 11.6 Å². The van der Waals surface area contributed by atoms with Gasteiger partial charge in [0.25, 0.3) is 0 Å². The third-order valence-electron chi connectivity index (χ3n) is 6.46. The van der Waals surface area contributed by atoms with Gasteiger partial charge < -0.3 is 29.9 Å². The van der Waals surface area contributed by atoms with Gasteiger partial charge in [-0.25, -0.2) is 9.97 Å². The van der Waals surface area contributed by atoms with E-state index in [9.17, 15) is 9.90 Å². The lowest BCUT2D eigenvalue weighted by Crippen LogP contribution is -2.33. The number of aromatic nitrogens is 3. The average Bonchev–Trinajstić information content (AvgIpc) is 3.19. The molecule has 0 fully saturated rings. The number of anilines is 1. The Morgan fingerprint density at radius 3 is 2.75 bits per heavy atom. The summed E-state index contributed by atoms with van der Waals surface area (Å²) in [6, 6.07) is 5.83. The van der Waals surface area contributed by atoms with Crippen LogP contribution in [0.5, 0.6) is 11.6 Å². The first kappa shape index (κ1) is 25.4. The van der Waals surface area contributed by atoms with Crippen molar-refractivity contribution < 1.29 is 14.6 Å². The highest BCUT2D eigenvalue weighted by Gasteiger charge is 2.18. The van der Waals surface area contributed by atoms with E-state index in [-0.39, 0.29) is 11.8 Å². The lowest BCUT2D eigenvalue weighted by atomic mass is 10.1. The predicted molar refractivity (Wildman–Crippen MR) is 142 cm³/mol. The standard InChI is InChI=1S/C26H35N7O3/c1-32-12-7-5-4-6-8-22(34)27-11-13-33(2)25-23-20(26(35)31-24(23)29-17-30-25)15-28-19-9-10-21(36-3)18(14-19)16-32/h9-10,14-15,17,35H,4-8,11-13,16H2,1-3H3,(H,27,34)(H,29,30,31). The summed E-state index contributed by atoms with van der Waals surface area (Å²) < 4.78 is 5.59. The molecule has 10 heteroatoms. The molecule has 0 saturated carbocycles. The molecule has 0 aliphatic carbocycles. The number of H-pyrrole nitrogens is 1. The van der Waals surface area contributed by atoms with E-state index in [0.717, 1.165) is 55.8 Å². The van der Waals surface area contributed by atoms with Crippen LogP contribution in [0.1, 0.15) is 43.2 Å². The highest BCUT2D eigenvalue weighted by atomic mass is 16.5. The molecule has 2 bridgehead atoms. The maximum Gasteiger partial charge on any atom is 0.220 e. The fourth-order valence-corrected chi connectivity index (χ4v) is 4.49. The number of hydrogen-bond donors (Lipinski definition) is 3. The second kappa shape index (κ2) is 11.9. The summed E-state index contributed by atoms with van der Waals surface area (Å²) in [5.41, 5.74) is 2.83. The largest absolute Gasteiger partial charge is 0.496 e. The molecule has 10 nitrogen and oxygen atoms in total. The molecular weight excluding hydrogens is 458 g/mol. The molecule has 3 N–H and O–H groups in total. The van der Waals surface area contributed by atoms with Gasteiger partial charge in [0.1, 0.15) is 23.5 Å². The number of hydrogen-bond acceptors (Lipinski definition) is 8. The van der Waals surface area contributed by atoms with E-state index < -0.39 is 0 Å². The number of fused-ring (bicyclic) bond motifs is 2. The van der Waals surface area contributed by atoms with Crippen molar-refractivity contribution in [1.82, 2.24) is 25.2 Å². The van der Waals surface area contributed by atoms with Crippen LogP contribution in [0.25, 0.3) is 11.0 Å². The second-order valence-corrected chi connectivity index (χ2v) is 9.24. The maximum atomic E-state index is 12.3. The van der Waals surface area contributed by atoms with Gasteiger partial charge in [-0.3, -0.25) is 9.79 Å². The molecule has 0 unspecified atom stereocenters. The molecule has 0 saturated heterocycles. The smallest absolute Gasteiger partial charge is 0.220 e. The van der Waals surface area contributed by atoms with E-state index >= 15 is 0 Å². The minimum absolute atomic E-state index is 0.0240. The van der Waals surface area contributed by atoms with E-state index in [1.807, 2.05) is 30.1 Å². The Morgan fingerprint density at radius 1 is 1.08 bits per heavy atom. The van der Waals surface area contributed by atoms with Gasteiger partial charge in [-0.2, -0.15) is 0 Å². The predicted octanol–water partition coefficient (Wildman–Crippen LogP) is 3.37. The number of benzene rings is 1. The Morgan fingerprint density at radius 2 is 1.92 bits per heavy atom. The first-order valence-electron chi connectivity index (χ1n) is 12.4. The summed E-state index contributed by atoms with van der Waals surface area (Å²) in [6.45, 7) is 2.76. The number of aliphatic imine (C=N–C) groups is 1. The average molecular weight is 494 g/mol. The number of carbonyl (C=O) groups excluding carboxylic acids is 1. The van der Waals surface area contributed by atoms with Crippen LogP contribution in [-0.4, -0.2) is 77.9 Å². The number of ether oxygens (including phenoxy) is 1. The lowest BCUT2D eigenvalue weighted by Gasteiger charge is -2.19. The van der Waals surface area contributed by atoms with Gasteiger partial charge in [-0.05, 0) is 44.6 Å². The zero-order valence-electron chi connectivity index (χ0n) is 21.3. The summed E-state index contributed by atoms with van der Waals surface area (Å²) in [5, 5.41) is 14.3. The first-order valence-corrected chi connectivity index (χ1v) is 12.4. The molecule has 1 aliphatic heterocycles. The van der Waals surface area contributed by atoms with Crippen molar-refractivity contribution in [2.45, 2.75) is 38.6 Å². The van der Waals surface area contributed by atoms with Crippen LogP contribution in [-0.2, 0) is 11.3 Å². The fourth-order valence-electron chi connectivity index (χ4n) is 4.49. The molecule has 1 aliphatic rings. The number of likely N-dealkylation sites (N-methyl/N-ethyl adjacent to an activating group) is 1. The molecule has 192 valence electrons. The molecular formula is C26H35N7O3. The highest BCUT2D eigenvalue weighted by Crippen LogP contribution is 2.32. The molecule has 1 aromatic carbocycles. The number of amides is 1. The summed E-state index contributed by atoms with van der Waals surface area (Å²) in [5.74, 6) is 1.51. The normalized spacial score (nSPS) is 17.0. The number of nitrogens with zero attached hydrogens (tertiary/aromatic N) is 5. The Balaban J connectivity index is 1.69. The fraction of sp³-hybridized carbons (Fsp3) is 0.462. The second-order valence-electron chi connectivity index (χ2n) is 9.24. The van der Waals surface area contributed by atoms with Gasteiger partial charge >= 0.3 is 0 Å². The molecule has 36 heavy (non-hydrogen) atoms. The quantitative estimate of drug-likeness (QED) is 0.476. The van der Waals surface area contributed by atoms with Crippen LogP contribution in [0.15, 0.2) is 29.5 Å². The van der Waals surface area contributed by atoms with E-state index in [1.54, 1.807) is 13.3 Å².